The molecule has 5 fully saturated rings. The van der Waals surface area contributed by atoms with E-state index < -0.39 is 47.8 Å². The Balaban J connectivity index is 0.817. The van der Waals surface area contributed by atoms with Gasteiger partial charge in [-0.25, -0.2) is 4.39 Å². The van der Waals surface area contributed by atoms with Crippen LogP contribution in [0.25, 0.3) is 10.8 Å². The lowest BCUT2D eigenvalue weighted by Crippen LogP contribution is -2.53. The van der Waals surface area contributed by atoms with Crippen molar-refractivity contribution in [2.24, 2.45) is 34.8 Å². The van der Waals surface area contributed by atoms with Crippen LogP contribution < -0.4 is 31.2 Å². The van der Waals surface area contributed by atoms with Gasteiger partial charge in [0.15, 0.2) is 12.5 Å². The summed E-state index contributed by atoms with van der Waals surface area (Å²) in [5, 5.41) is 9.87. The number of amides is 5. The summed E-state index contributed by atoms with van der Waals surface area (Å²) in [6.07, 6.45) is 8.82. The SMILES string of the molecule is CC[C@@H]1[C@H](F)C(=O)N[C@@H]1COc1ccc(C#CC2CCC(CN3CCC4(CC3)CC(CNc3cccc(C=O)c3C(=O)N(C)C3CCC(=O)NC3=O)C4)CC2)c2cc(C(N)=O)c(OC)cc12. The zero-order valence-corrected chi connectivity index (χ0v) is 38.1. The summed E-state index contributed by atoms with van der Waals surface area (Å²) in [6.45, 7) is 5.90. The lowest BCUT2D eigenvalue weighted by atomic mass is 9.57. The van der Waals surface area contributed by atoms with Crippen LogP contribution in [0.2, 0.25) is 0 Å². The first-order chi connectivity index (χ1) is 31.8. The van der Waals surface area contributed by atoms with E-state index in [0.29, 0.717) is 64.5 Å². The second-order valence-corrected chi connectivity index (χ2v) is 19.2. The number of benzene rings is 3. The molecule has 8 rings (SSSR count). The number of aldehydes is 1. The van der Waals surface area contributed by atoms with Gasteiger partial charge in [-0.05, 0) is 125 Å². The Morgan fingerprint density at radius 2 is 1.76 bits per heavy atom. The van der Waals surface area contributed by atoms with Crippen molar-refractivity contribution in [1.82, 2.24) is 20.4 Å². The molecule has 0 bridgehead atoms. The minimum atomic E-state index is -1.56. The van der Waals surface area contributed by atoms with Gasteiger partial charge in [0.05, 0.1) is 24.3 Å². The molecule has 3 heterocycles. The highest BCUT2D eigenvalue weighted by Crippen LogP contribution is 2.53. The molecule has 14 nitrogen and oxygen atoms in total. The van der Waals surface area contributed by atoms with Gasteiger partial charge in [0, 0.05) is 66.0 Å². The number of piperidine rings is 2. The van der Waals surface area contributed by atoms with E-state index in [1.54, 1.807) is 30.3 Å². The third kappa shape index (κ3) is 9.75. The molecular formula is C51H61FN6O8. The van der Waals surface area contributed by atoms with Gasteiger partial charge in [0.25, 0.3) is 17.7 Å². The highest BCUT2D eigenvalue weighted by atomic mass is 19.1. The van der Waals surface area contributed by atoms with Crippen LogP contribution in [-0.2, 0) is 14.4 Å². The van der Waals surface area contributed by atoms with Crippen LogP contribution in [0.5, 0.6) is 11.5 Å². The maximum absolute atomic E-state index is 14.5. The van der Waals surface area contributed by atoms with Crippen LogP contribution in [0.15, 0.2) is 42.5 Å². The number of nitrogens with one attached hydrogen (secondary N) is 3. The van der Waals surface area contributed by atoms with Crippen LogP contribution in [-0.4, -0.2) is 111 Å². The van der Waals surface area contributed by atoms with E-state index in [4.69, 9.17) is 15.2 Å². The molecule has 3 aromatic carbocycles. The summed E-state index contributed by atoms with van der Waals surface area (Å²) in [7, 11) is 3.01. The zero-order chi connectivity index (χ0) is 46.7. The third-order valence-corrected chi connectivity index (χ3v) is 15.1. The van der Waals surface area contributed by atoms with Crippen LogP contribution in [0, 0.1) is 40.9 Å². The van der Waals surface area contributed by atoms with Crippen LogP contribution in [0.1, 0.15) is 114 Å². The molecule has 3 aliphatic heterocycles. The molecule has 15 heteroatoms. The molecule has 66 heavy (non-hydrogen) atoms. The van der Waals surface area contributed by atoms with Crippen LogP contribution in [0.3, 0.4) is 0 Å². The second-order valence-electron chi connectivity index (χ2n) is 19.2. The first-order valence-corrected chi connectivity index (χ1v) is 23.5. The Morgan fingerprint density at radius 1 is 1.00 bits per heavy atom. The number of carbonyl (C=O) groups is 6. The number of carbonyl (C=O) groups excluding carboxylic acids is 6. The van der Waals surface area contributed by atoms with Gasteiger partial charge in [-0.1, -0.05) is 30.9 Å². The molecule has 1 unspecified atom stereocenters. The van der Waals surface area contributed by atoms with Crippen molar-refractivity contribution in [3.63, 3.8) is 0 Å². The number of nitrogens with two attached hydrogens (primary N) is 1. The summed E-state index contributed by atoms with van der Waals surface area (Å²) in [5.41, 5.74) is 8.14. The van der Waals surface area contributed by atoms with Crippen molar-refractivity contribution in [2.45, 2.75) is 95.8 Å². The topological polar surface area (TPSA) is 189 Å². The fourth-order valence-corrected chi connectivity index (χ4v) is 11.2. The molecule has 5 N–H and O–H groups in total. The first-order valence-electron chi connectivity index (χ1n) is 23.5. The summed E-state index contributed by atoms with van der Waals surface area (Å²) in [4.78, 5) is 78.4. The van der Waals surface area contributed by atoms with Gasteiger partial charge in [-0.3, -0.25) is 34.1 Å². The van der Waals surface area contributed by atoms with Gasteiger partial charge in [-0.2, -0.15) is 0 Å². The number of anilines is 1. The number of ether oxygens (including phenoxy) is 2. The fraction of sp³-hybridized carbons (Fsp3) is 0.529. The Bertz CT molecular complexity index is 2440. The smallest absolute Gasteiger partial charge is 0.257 e. The first kappa shape index (κ1) is 46.5. The zero-order valence-electron chi connectivity index (χ0n) is 38.1. The third-order valence-electron chi connectivity index (χ3n) is 15.1. The standard InChI is InChI=1S/C51H61FN6O8/c1-4-35-40(55-49(63)46(35)52)29-66-42-16-14-33(36-22-38(47(53)61)43(65-3)23-37(36)42)13-12-30-8-10-31(11-9-30)27-58-20-18-51(19-21-58)24-32(25-51)26-54-39-7-5-6-34(28-59)45(39)50(64)57(2)41-15-17-44(60)56-48(41)62/h5-7,14,16,22-23,28,30-32,35,40-41,46,54H,4,8-11,15,17-21,24-27,29H2,1-3H3,(H2,53,61)(H,55,63)(H,56,60,62)/t30?,31?,35-,40+,41?,46-/m0/s1. The monoisotopic (exact) mass is 904 g/mol. The second kappa shape index (κ2) is 19.8. The molecule has 2 saturated carbocycles. The normalized spacial score (nSPS) is 25.2. The molecule has 3 saturated heterocycles. The predicted molar refractivity (Wildman–Crippen MR) is 247 cm³/mol. The van der Waals surface area contributed by atoms with Crippen molar-refractivity contribution >= 4 is 52.3 Å². The molecule has 0 radical (unpaired) electrons. The number of rotatable bonds is 14. The lowest BCUT2D eigenvalue weighted by Gasteiger charge is -2.53. The van der Waals surface area contributed by atoms with E-state index >= 15 is 0 Å². The summed E-state index contributed by atoms with van der Waals surface area (Å²) in [5.74, 6) is 6.08. The molecule has 1 spiro atoms. The van der Waals surface area contributed by atoms with Crippen LogP contribution in [0.4, 0.5) is 10.1 Å². The number of hydrogen-bond acceptors (Lipinski definition) is 10. The Morgan fingerprint density at radius 3 is 2.44 bits per heavy atom. The van der Waals surface area contributed by atoms with Gasteiger partial charge < -0.3 is 35.6 Å². The molecule has 5 amide bonds. The Hall–Kier alpha value is -6.01. The van der Waals surface area contributed by atoms with E-state index in [9.17, 15) is 33.2 Å². The number of hydrogen-bond donors (Lipinski definition) is 4. The summed E-state index contributed by atoms with van der Waals surface area (Å²) in [6, 6.07) is 11.0. The molecular weight excluding hydrogens is 844 g/mol. The number of halogens is 1. The highest BCUT2D eigenvalue weighted by molar-refractivity contribution is 6.09. The number of nitrogens with zero attached hydrogens (tertiary/aromatic N) is 2. The minimum Gasteiger partial charge on any atom is -0.496 e. The Kier molecular flexibility index (Phi) is 14.0. The van der Waals surface area contributed by atoms with Gasteiger partial charge in [0.2, 0.25) is 11.8 Å². The highest BCUT2D eigenvalue weighted by Gasteiger charge is 2.46. The van der Waals surface area contributed by atoms with Gasteiger partial charge in [-0.15, -0.1) is 0 Å². The number of imide groups is 1. The number of fused-ring (bicyclic) bond motifs is 1. The van der Waals surface area contributed by atoms with Crippen molar-refractivity contribution in [1.29, 1.82) is 0 Å². The minimum absolute atomic E-state index is 0.0917. The largest absolute Gasteiger partial charge is 0.496 e. The van der Waals surface area contributed by atoms with Gasteiger partial charge in [0.1, 0.15) is 24.1 Å². The predicted octanol–water partition coefficient (Wildman–Crippen LogP) is 5.64. The van der Waals surface area contributed by atoms with E-state index in [1.165, 1.54) is 31.9 Å². The lowest BCUT2D eigenvalue weighted by molar-refractivity contribution is -0.136. The summed E-state index contributed by atoms with van der Waals surface area (Å²) < 4.78 is 26.2. The molecule has 4 atom stereocenters. The number of alkyl halides is 1. The average Bonchev–Trinajstić information content (AvgIpc) is 3.59. The molecule has 0 aromatic heterocycles. The van der Waals surface area contributed by atoms with E-state index in [2.05, 4.69) is 32.7 Å². The number of likely N-dealkylation sites (N-methyl/N-ethyl adjacent to an activating group) is 1. The number of primary amides is 1. The quantitative estimate of drug-likeness (QED) is 0.0896. The van der Waals surface area contributed by atoms with E-state index in [0.717, 1.165) is 63.7 Å². The molecule has 3 aromatic rings. The Labute approximate surface area is 385 Å². The van der Waals surface area contributed by atoms with Crippen molar-refractivity contribution in [3.8, 4) is 23.3 Å². The molecule has 5 aliphatic rings. The maximum atomic E-state index is 14.5. The fourth-order valence-electron chi connectivity index (χ4n) is 11.2. The average molecular weight is 905 g/mol. The van der Waals surface area contributed by atoms with Crippen molar-refractivity contribution < 1.29 is 42.6 Å². The van der Waals surface area contributed by atoms with Crippen molar-refractivity contribution in [2.75, 3.05) is 52.3 Å². The maximum Gasteiger partial charge on any atom is 0.257 e. The van der Waals surface area contributed by atoms with Crippen LogP contribution >= 0.6 is 0 Å². The molecule has 350 valence electrons. The molecule has 2 aliphatic carbocycles. The van der Waals surface area contributed by atoms with E-state index in [-0.39, 0.29) is 48.0 Å². The summed E-state index contributed by atoms with van der Waals surface area (Å²) >= 11 is 0. The van der Waals surface area contributed by atoms with E-state index in [1.807, 2.05) is 19.1 Å². The van der Waals surface area contributed by atoms with Gasteiger partial charge >= 0.3 is 0 Å². The number of likely N-dealkylation sites (tertiary alicyclic amines) is 1. The number of methoxy groups -OCH3 is 1. The van der Waals surface area contributed by atoms with Crippen molar-refractivity contribution in [3.05, 3.63) is 64.7 Å².